The lowest BCUT2D eigenvalue weighted by Gasteiger charge is -2.25. The second-order valence-corrected chi connectivity index (χ2v) is 8.65. The molecule has 7 nitrogen and oxygen atoms in total. The van der Waals surface area contributed by atoms with Gasteiger partial charge in [0.25, 0.3) is 0 Å². The van der Waals surface area contributed by atoms with E-state index in [-0.39, 0.29) is 0 Å². The van der Waals surface area contributed by atoms with Crippen molar-refractivity contribution in [2.45, 2.75) is 25.5 Å². The van der Waals surface area contributed by atoms with E-state index in [9.17, 15) is 5.11 Å². The Bertz CT molecular complexity index is 1030. The Labute approximate surface area is 195 Å². The topological polar surface area (TPSA) is 69.0 Å². The molecule has 0 saturated heterocycles. The number of aliphatic hydroxyl groups excluding tert-OH is 1. The van der Waals surface area contributed by atoms with Crippen LogP contribution in [0.25, 0.3) is 11.3 Å². The van der Waals surface area contributed by atoms with Gasteiger partial charge in [0.15, 0.2) is 0 Å². The Kier molecular flexibility index (Phi) is 7.65. The van der Waals surface area contributed by atoms with E-state index in [0.29, 0.717) is 37.2 Å². The van der Waals surface area contributed by atoms with Crippen LogP contribution in [0.3, 0.4) is 0 Å². The minimum Gasteiger partial charge on any atom is -0.497 e. The number of hydrogen-bond donors (Lipinski definition) is 1. The van der Waals surface area contributed by atoms with E-state index >= 15 is 0 Å². The van der Waals surface area contributed by atoms with Gasteiger partial charge in [-0.3, -0.25) is 4.90 Å². The van der Waals surface area contributed by atoms with Crippen LogP contribution in [-0.2, 0) is 18.3 Å². The van der Waals surface area contributed by atoms with Crippen molar-refractivity contribution >= 4 is 0 Å². The van der Waals surface area contributed by atoms with Crippen LogP contribution in [0.1, 0.15) is 18.4 Å². The van der Waals surface area contributed by atoms with Gasteiger partial charge in [0.05, 0.1) is 25.4 Å². The van der Waals surface area contributed by atoms with E-state index in [0.717, 1.165) is 29.1 Å². The molecule has 0 radical (unpaired) electrons. The molecule has 0 bridgehead atoms. The summed E-state index contributed by atoms with van der Waals surface area (Å²) in [6.07, 6.45) is 1.93. The molecule has 4 rings (SSSR count). The summed E-state index contributed by atoms with van der Waals surface area (Å²) in [6.45, 7) is 2.40. The van der Waals surface area contributed by atoms with Gasteiger partial charge < -0.3 is 19.3 Å². The summed E-state index contributed by atoms with van der Waals surface area (Å²) in [5, 5.41) is 15.3. The van der Waals surface area contributed by atoms with E-state index in [1.54, 1.807) is 18.9 Å². The second kappa shape index (κ2) is 10.8. The summed E-state index contributed by atoms with van der Waals surface area (Å²) >= 11 is 0. The van der Waals surface area contributed by atoms with Crippen molar-refractivity contribution in [3.8, 4) is 28.6 Å². The van der Waals surface area contributed by atoms with E-state index < -0.39 is 6.10 Å². The molecule has 1 atom stereocenters. The average molecular weight is 452 g/mol. The molecule has 7 heteroatoms. The number of aromatic nitrogens is 2. The highest BCUT2D eigenvalue weighted by atomic mass is 16.5. The van der Waals surface area contributed by atoms with E-state index in [1.807, 2.05) is 49.5 Å². The molecular weight excluding hydrogens is 418 g/mol. The smallest absolute Gasteiger partial charge is 0.222 e. The van der Waals surface area contributed by atoms with Crippen LogP contribution in [0.4, 0.5) is 0 Å². The van der Waals surface area contributed by atoms with Crippen LogP contribution >= 0.6 is 0 Å². The summed E-state index contributed by atoms with van der Waals surface area (Å²) in [5.41, 5.74) is 2.92. The Morgan fingerprint density at radius 1 is 1.09 bits per heavy atom. The van der Waals surface area contributed by atoms with Crippen molar-refractivity contribution in [1.82, 2.24) is 14.7 Å². The summed E-state index contributed by atoms with van der Waals surface area (Å²) in [4.78, 5) is 2.29. The quantitative estimate of drug-likeness (QED) is 0.447. The van der Waals surface area contributed by atoms with Gasteiger partial charge in [-0.05, 0) is 30.9 Å². The molecule has 1 fully saturated rings. The summed E-state index contributed by atoms with van der Waals surface area (Å²) in [6, 6.07) is 17.7. The summed E-state index contributed by atoms with van der Waals surface area (Å²) in [7, 11) is 5.16. The Morgan fingerprint density at radius 3 is 2.55 bits per heavy atom. The maximum absolute atomic E-state index is 10.5. The molecule has 176 valence electrons. The Hall–Kier alpha value is -2.87. The average Bonchev–Trinajstić information content (AvgIpc) is 3.59. The van der Waals surface area contributed by atoms with Crippen molar-refractivity contribution in [3.63, 3.8) is 0 Å². The number of hydrogen-bond acceptors (Lipinski definition) is 6. The van der Waals surface area contributed by atoms with Crippen LogP contribution in [0.5, 0.6) is 17.4 Å². The minimum atomic E-state index is -0.548. The highest BCUT2D eigenvalue weighted by molar-refractivity contribution is 5.65. The van der Waals surface area contributed by atoms with Crippen LogP contribution in [0.2, 0.25) is 0 Å². The maximum atomic E-state index is 10.5. The summed E-state index contributed by atoms with van der Waals surface area (Å²) in [5.74, 6) is 2.78. The van der Waals surface area contributed by atoms with Crippen molar-refractivity contribution in [2.24, 2.45) is 13.0 Å². The first-order valence-corrected chi connectivity index (χ1v) is 11.4. The molecule has 1 saturated carbocycles. The second-order valence-electron chi connectivity index (χ2n) is 8.65. The number of ether oxygens (including phenoxy) is 3. The van der Waals surface area contributed by atoms with Crippen LogP contribution in [0.15, 0.2) is 54.6 Å². The zero-order chi connectivity index (χ0) is 23.2. The lowest BCUT2D eigenvalue weighted by molar-refractivity contribution is 0.0346. The first-order chi connectivity index (χ1) is 16.1. The largest absolute Gasteiger partial charge is 0.497 e. The first-order valence-electron chi connectivity index (χ1n) is 11.4. The molecule has 2 aromatic carbocycles. The molecule has 0 spiro atoms. The molecule has 1 aliphatic carbocycles. The molecule has 0 unspecified atom stereocenters. The third kappa shape index (κ3) is 6.13. The maximum Gasteiger partial charge on any atom is 0.222 e. The van der Waals surface area contributed by atoms with Gasteiger partial charge in [-0.1, -0.05) is 36.4 Å². The van der Waals surface area contributed by atoms with Gasteiger partial charge in [0.1, 0.15) is 17.2 Å². The molecule has 1 aliphatic rings. The van der Waals surface area contributed by atoms with E-state index in [1.165, 1.54) is 12.8 Å². The van der Waals surface area contributed by atoms with Crippen molar-refractivity contribution in [2.75, 3.05) is 33.9 Å². The number of rotatable bonds is 12. The van der Waals surface area contributed by atoms with Gasteiger partial charge in [-0.2, -0.15) is 5.10 Å². The van der Waals surface area contributed by atoms with Gasteiger partial charge in [-0.15, -0.1) is 0 Å². The van der Waals surface area contributed by atoms with Crippen molar-refractivity contribution in [3.05, 3.63) is 60.2 Å². The molecule has 33 heavy (non-hydrogen) atoms. The number of aryl methyl sites for hydroxylation is 1. The first kappa shape index (κ1) is 23.3. The van der Waals surface area contributed by atoms with Crippen LogP contribution in [-0.4, -0.2) is 59.8 Å². The van der Waals surface area contributed by atoms with E-state index in [4.69, 9.17) is 19.3 Å². The lowest BCUT2D eigenvalue weighted by Crippen LogP contribution is -2.35. The number of benzene rings is 2. The van der Waals surface area contributed by atoms with Crippen LogP contribution < -0.4 is 9.47 Å². The molecular formula is C26H33N3O4. The normalized spacial score (nSPS) is 14.5. The fraction of sp³-hybridized carbons (Fsp3) is 0.423. The molecule has 1 heterocycles. The standard InChI is InChI=1S/C26H33N3O4/c1-28-26(33-23-11-7-10-22(14-23)32-3)24(25(27-28)20-8-5-4-6-9-20)17-29(15-19-12-13-19)16-21(30)18-31-2/h4-11,14,19,21,30H,12-13,15-18H2,1-3H3/t21-/m1/s1. The fourth-order valence-corrected chi connectivity index (χ4v) is 4.06. The number of aliphatic hydroxyl groups is 1. The molecule has 1 aromatic heterocycles. The molecule has 3 aromatic rings. The predicted molar refractivity (Wildman–Crippen MR) is 128 cm³/mol. The summed E-state index contributed by atoms with van der Waals surface area (Å²) < 4.78 is 18.7. The predicted octanol–water partition coefficient (Wildman–Crippen LogP) is 4.11. The monoisotopic (exact) mass is 451 g/mol. The SMILES string of the molecule is COC[C@H](O)CN(Cc1c(-c2ccccc2)nn(C)c1Oc1cccc(OC)c1)CC1CC1. The zero-order valence-electron chi connectivity index (χ0n) is 19.6. The Balaban J connectivity index is 1.69. The Morgan fingerprint density at radius 2 is 1.85 bits per heavy atom. The van der Waals surface area contributed by atoms with Gasteiger partial charge in [-0.25, -0.2) is 4.68 Å². The molecule has 0 aliphatic heterocycles. The van der Waals surface area contributed by atoms with Gasteiger partial charge in [0, 0.05) is 45.4 Å². The van der Waals surface area contributed by atoms with Gasteiger partial charge in [0.2, 0.25) is 5.88 Å². The third-order valence-electron chi connectivity index (χ3n) is 5.81. The highest BCUT2D eigenvalue weighted by Gasteiger charge is 2.28. The molecule has 0 amide bonds. The third-order valence-corrected chi connectivity index (χ3v) is 5.81. The minimum absolute atomic E-state index is 0.312. The van der Waals surface area contributed by atoms with Gasteiger partial charge >= 0.3 is 0 Å². The fourth-order valence-electron chi connectivity index (χ4n) is 4.06. The zero-order valence-corrected chi connectivity index (χ0v) is 19.6. The van der Waals surface area contributed by atoms with Crippen LogP contribution in [0, 0.1) is 5.92 Å². The van der Waals surface area contributed by atoms with Crippen molar-refractivity contribution < 1.29 is 19.3 Å². The van der Waals surface area contributed by atoms with Crippen molar-refractivity contribution in [1.29, 1.82) is 0 Å². The number of nitrogens with zero attached hydrogens (tertiary/aromatic N) is 3. The number of methoxy groups -OCH3 is 2. The van der Waals surface area contributed by atoms with E-state index in [2.05, 4.69) is 17.0 Å². The molecule has 1 N–H and O–H groups in total. The highest BCUT2D eigenvalue weighted by Crippen LogP contribution is 2.36. The lowest BCUT2D eigenvalue weighted by atomic mass is 10.1.